The van der Waals surface area contributed by atoms with Crippen LogP contribution >= 0.6 is 23.2 Å². The lowest BCUT2D eigenvalue weighted by atomic mass is 9.78. The van der Waals surface area contributed by atoms with Crippen LogP contribution in [0.3, 0.4) is 0 Å². The quantitative estimate of drug-likeness (QED) is 0.506. The first-order chi connectivity index (χ1) is 14.4. The Hall–Kier alpha value is -2.63. The van der Waals surface area contributed by atoms with Gasteiger partial charge in [-0.05, 0) is 36.1 Å². The fourth-order valence-corrected chi connectivity index (χ4v) is 4.58. The minimum atomic E-state index is -0.526. The van der Waals surface area contributed by atoms with E-state index in [0.29, 0.717) is 17.0 Å². The van der Waals surface area contributed by atoms with E-state index in [1.165, 1.54) is 5.01 Å². The van der Waals surface area contributed by atoms with Crippen LogP contribution < -0.4 is 0 Å². The Morgan fingerprint density at radius 3 is 2.37 bits per heavy atom. The molecule has 1 fully saturated rings. The van der Waals surface area contributed by atoms with Gasteiger partial charge in [-0.3, -0.25) is 14.4 Å². The van der Waals surface area contributed by atoms with Crippen molar-refractivity contribution in [2.24, 2.45) is 17.8 Å². The van der Waals surface area contributed by atoms with Crippen LogP contribution in [0, 0.1) is 17.8 Å². The molecule has 2 aromatic rings. The van der Waals surface area contributed by atoms with Crippen molar-refractivity contribution >= 4 is 40.9 Å². The Morgan fingerprint density at radius 1 is 1.03 bits per heavy atom. The number of hydrogen-bond donors (Lipinski definition) is 0. The van der Waals surface area contributed by atoms with E-state index >= 15 is 0 Å². The lowest BCUT2D eigenvalue weighted by molar-refractivity contribution is -0.155. The molecule has 0 saturated carbocycles. The summed E-state index contributed by atoms with van der Waals surface area (Å²) in [6, 6.07) is 13.6. The summed E-state index contributed by atoms with van der Waals surface area (Å²) in [6.45, 7) is 1.89. The summed E-state index contributed by atoms with van der Waals surface area (Å²) in [4.78, 5) is 40.0. The summed E-state index contributed by atoms with van der Waals surface area (Å²) in [5, 5.41) is 2.88. The first-order valence-electron chi connectivity index (χ1n) is 9.74. The predicted molar refractivity (Wildman–Crippen MR) is 115 cm³/mol. The van der Waals surface area contributed by atoms with E-state index in [-0.39, 0.29) is 34.9 Å². The largest absolute Gasteiger partial charge is 0.274 e. The molecular formula is C23H20Cl2N2O3. The summed E-state index contributed by atoms with van der Waals surface area (Å²) >= 11 is 12.6. The van der Waals surface area contributed by atoms with Gasteiger partial charge in [0, 0.05) is 5.02 Å². The Bertz CT molecular complexity index is 1050. The molecule has 3 atom stereocenters. The van der Waals surface area contributed by atoms with E-state index in [1.54, 1.807) is 48.5 Å². The van der Waals surface area contributed by atoms with Crippen LogP contribution in [0.5, 0.6) is 0 Å². The lowest BCUT2D eigenvalue weighted by Crippen LogP contribution is -2.50. The third-order valence-corrected chi connectivity index (χ3v) is 6.41. The molecule has 1 saturated heterocycles. The number of imide groups is 1. The van der Waals surface area contributed by atoms with E-state index in [0.717, 1.165) is 5.01 Å². The molecule has 0 bridgehead atoms. The van der Waals surface area contributed by atoms with Crippen molar-refractivity contribution < 1.29 is 14.4 Å². The minimum Gasteiger partial charge on any atom is -0.272 e. The van der Waals surface area contributed by atoms with Crippen molar-refractivity contribution in [2.75, 3.05) is 0 Å². The summed E-state index contributed by atoms with van der Waals surface area (Å²) < 4.78 is 0. The highest BCUT2D eigenvalue weighted by Crippen LogP contribution is 2.40. The molecule has 4 rings (SSSR count). The first kappa shape index (κ1) is 20.6. The Labute approximate surface area is 184 Å². The van der Waals surface area contributed by atoms with Crippen LogP contribution in [0.4, 0.5) is 0 Å². The molecule has 0 unspecified atom stereocenters. The summed E-state index contributed by atoms with van der Waals surface area (Å²) in [6.07, 6.45) is 4.36. The Balaban J connectivity index is 1.77. The van der Waals surface area contributed by atoms with Crippen molar-refractivity contribution in [3.8, 4) is 0 Å². The van der Waals surface area contributed by atoms with Gasteiger partial charge in [-0.2, -0.15) is 5.01 Å². The number of carbonyl (C=O) groups excluding carboxylic acids is 3. The standard InChI is InChI=1S/C23H20Cl2N2O3/c1-14-7-6-10-17-20(14)23(30)27(22(17)29)26(13-15-8-2-4-11-18(15)24)21(28)16-9-3-5-12-19(16)25/h2-9,11-12,14,17,20H,10,13H2,1H3/t14-,17-,20+/m1/s1. The maximum absolute atomic E-state index is 13.5. The summed E-state index contributed by atoms with van der Waals surface area (Å²) in [7, 11) is 0. The van der Waals surface area contributed by atoms with Crippen LogP contribution in [0.15, 0.2) is 60.7 Å². The summed E-state index contributed by atoms with van der Waals surface area (Å²) in [5.74, 6) is -2.28. The third-order valence-electron chi connectivity index (χ3n) is 5.71. The maximum atomic E-state index is 13.5. The molecule has 30 heavy (non-hydrogen) atoms. The van der Waals surface area contributed by atoms with E-state index in [4.69, 9.17) is 23.2 Å². The molecule has 5 nitrogen and oxygen atoms in total. The molecule has 0 spiro atoms. The van der Waals surface area contributed by atoms with Crippen molar-refractivity contribution in [1.82, 2.24) is 10.0 Å². The highest BCUT2D eigenvalue weighted by molar-refractivity contribution is 6.34. The zero-order chi connectivity index (χ0) is 21.4. The molecule has 1 heterocycles. The van der Waals surface area contributed by atoms with Gasteiger partial charge in [-0.25, -0.2) is 5.01 Å². The van der Waals surface area contributed by atoms with E-state index < -0.39 is 17.7 Å². The van der Waals surface area contributed by atoms with Gasteiger partial charge in [0.15, 0.2) is 0 Å². The van der Waals surface area contributed by atoms with Crippen LogP contribution in [0.25, 0.3) is 0 Å². The van der Waals surface area contributed by atoms with Crippen molar-refractivity contribution in [3.63, 3.8) is 0 Å². The number of halogens is 2. The molecule has 7 heteroatoms. The predicted octanol–water partition coefficient (Wildman–Crippen LogP) is 4.75. The van der Waals surface area contributed by atoms with E-state index in [9.17, 15) is 14.4 Å². The van der Waals surface area contributed by atoms with Gasteiger partial charge in [-0.15, -0.1) is 0 Å². The Kier molecular flexibility index (Phi) is 5.67. The zero-order valence-electron chi connectivity index (χ0n) is 16.3. The average molecular weight is 443 g/mol. The number of nitrogens with zero attached hydrogens (tertiary/aromatic N) is 2. The molecule has 1 aliphatic heterocycles. The Morgan fingerprint density at radius 2 is 1.70 bits per heavy atom. The second-order valence-electron chi connectivity index (χ2n) is 7.58. The SMILES string of the molecule is C[C@@H]1C=CC[C@H]2C(=O)N(N(Cc3ccccc3Cl)C(=O)c3ccccc3Cl)C(=O)[C@@H]12. The zero-order valence-corrected chi connectivity index (χ0v) is 17.8. The molecule has 0 aromatic heterocycles. The second-order valence-corrected chi connectivity index (χ2v) is 8.39. The monoisotopic (exact) mass is 442 g/mol. The van der Waals surface area contributed by atoms with E-state index in [1.807, 2.05) is 19.1 Å². The van der Waals surface area contributed by atoms with Crippen LogP contribution in [0.1, 0.15) is 29.3 Å². The first-order valence-corrected chi connectivity index (χ1v) is 10.5. The number of hydrazine groups is 1. The van der Waals surface area contributed by atoms with E-state index in [2.05, 4.69) is 0 Å². The van der Waals surface area contributed by atoms with Gasteiger partial charge < -0.3 is 0 Å². The highest BCUT2D eigenvalue weighted by atomic mass is 35.5. The molecule has 0 N–H and O–H groups in total. The van der Waals surface area contributed by atoms with Gasteiger partial charge in [-0.1, -0.05) is 72.6 Å². The van der Waals surface area contributed by atoms with Crippen molar-refractivity contribution in [3.05, 3.63) is 81.9 Å². The molecular weight excluding hydrogens is 423 g/mol. The number of carbonyl (C=O) groups is 3. The smallest absolute Gasteiger partial charge is 0.272 e. The van der Waals surface area contributed by atoms with Crippen LogP contribution in [0.2, 0.25) is 10.0 Å². The van der Waals surface area contributed by atoms with Gasteiger partial charge in [0.1, 0.15) is 0 Å². The number of rotatable bonds is 4. The third kappa shape index (κ3) is 3.53. The topological polar surface area (TPSA) is 57.7 Å². The average Bonchev–Trinajstić information content (AvgIpc) is 2.99. The maximum Gasteiger partial charge on any atom is 0.274 e. The molecule has 154 valence electrons. The van der Waals surface area contributed by atoms with Gasteiger partial charge >= 0.3 is 0 Å². The van der Waals surface area contributed by atoms with Crippen molar-refractivity contribution in [2.45, 2.75) is 19.9 Å². The minimum absolute atomic E-state index is 0.0253. The molecule has 0 radical (unpaired) electrons. The van der Waals surface area contributed by atoms with Crippen LogP contribution in [-0.4, -0.2) is 27.7 Å². The highest BCUT2D eigenvalue weighted by Gasteiger charge is 2.53. The molecule has 2 aromatic carbocycles. The van der Waals surface area contributed by atoms with Crippen molar-refractivity contribution in [1.29, 1.82) is 0 Å². The number of allylic oxidation sites excluding steroid dienone is 2. The molecule has 2 aliphatic rings. The second kappa shape index (κ2) is 8.25. The van der Waals surface area contributed by atoms with Gasteiger partial charge in [0.25, 0.3) is 17.7 Å². The van der Waals surface area contributed by atoms with Gasteiger partial charge in [0.05, 0.1) is 29.0 Å². The van der Waals surface area contributed by atoms with Crippen LogP contribution in [-0.2, 0) is 16.1 Å². The molecule has 1 aliphatic carbocycles. The normalized spacial score (nSPS) is 22.9. The fraction of sp³-hybridized carbons (Fsp3) is 0.261. The van der Waals surface area contributed by atoms with Gasteiger partial charge in [0.2, 0.25) is 0 Å². The lowest BCUT2D eigenvalue weighted by Gasteiger charge is -2.31. The fourth-order valence-electron chi connectivity index (χ4n) is 4.16. The number of hydrogen-bond acceptors (Lipinski definition) is 3. The number of benzene rings is 2. The number of fused-ring (bicyclic) bond motifs is 1. The number of amides is 3. The molecule has 3 amide bonds. The summed E-state index contributed by atoms with van der Waals surface area (Å²) in [5.41, 5.74) is 0.842.